The molecule has 0 aromatic carbocycles. The minimum Gasteiger partial charge on any atom is -0.422 e. The van der Waals surface area contributed by atoms with Crippen molar-refractivity contribution in [2.24, 2.45) is 0 Å². The van der Waals surface area contributed by atoms with E-state index in [1.165, 1.54) is 20.9 Å². The van der Waals surface area contributed by atoms with Crippen LogP contribution in [0.4, 0.5) is 4.79 Å². The van der Waals surface area contributed by atoms with Gasteiger partial charge >= 0.3 is 12.1 Å². The highest BCUT2D eigenvalue weighted by Gasteiger charge is 2.12. The van der Waals surface area contributed by atoms with Gasteiger partial charge in [0.2, 0.25) is 6.29 Å². The summed E-state index contributed by atoms with van der Waals surface area (Å²) in [6.45, 7) is 6.33. The van der Waals surface area contributed by atoms with Crippen LogP contribution in [0.3, 0.4) is 0 Å². The third-order valence-electron chi connectivity index (χ3n) is 1.10. The third-order valence-corrected chi connectivity index (χ3v) is 1.10. The lowest BCUT2D eigenvalue weighted by Crippen LogP contribution is -2.27. The lowest BCUT2D eigenvalue weighted by atomic mass is 10.4. The summed E-state index contributed by atoms with van der Waals surface area (Å²) in [5.74, 6) is -0.587. The fourth-order valence-corrected chi connectivity index (χ4v) is 0.485. The first kappa shape index (κ1) is 11.5. The van der Waals surface area contributed by atoms with Crippen LogP contribution in [0.1, 0.15) is 13.8 Å². The smallest absolute Gasteiger partial charge is 0.409 e. The van der Waals surface area contributed by atoms with Gasteiger partial charge in [0.05, 0.1) is 0 Å². The predicted molar refractivity (Wildman–Crippen MR) is 45.9 cm³/mol. The Labute approximate surface area is 76.7 Å². The summed E-state index contributed by atoms with van der Waals surface area (Å²) in [6, 6.07) is 0. The van der Waals surface area contributed by atoms with Crippen LogP contribution in [0, 0.1) is 0 Å². The highest BCUT2D eigenvalue weighted by atomic mass is 16.7. The van der Waals surface area contributed by atoms with E-state index < -0.39 is 18.4 Å². The van der Waals surface area contributed by atoms with Crippen LogP contribution in [-0.2, 0) is 14.3 Å². The first-order chi connectivity index (χ1) is 5.97. The van der Waals surface area contributed by atoms with Crippen molar-refractivity contribution in [2.75, 3.05) is 7.05 Å². The number of amides is 1. The summed E-state index contributed by atoms with van der Waals surface area (Å²) in [4.78, 5) is 21.5. The van der Waals surface area contributed by atoms with Crippen LogP contribution in [0.15, 0.2) is 12.2 Å². The Kier molecular flexibility index (Phi) is 4.58. The van der Waals surface area contributed by atoms with Crippen LogP contribution < -0.4 is 5.32 Å². The van der Waals surface area contributed by atoms with Gasteiger partial charge in [-0.3, -0.25) is 0 Å². The summed E-state index contributed by atoms with van der Waals surface area (Å²) in [6.07, 6.45) is -1.56. The number of carbonyl (C=O) groups excluding carboxylic acids is 2. The molecule has 1 N–H and O–H groups in total. The molecule has 74 valence electrons. The maximum atomic E-state index is 10.9. The van der Waals surface area contributed by atoms with E-state index in [0.717, 1.165) is 0 Å². The molecule has 5 heteroatoms. The molecule has 1 unspecified atom stereocenters. The van der Waals surface area contributed by atoms with Crippen molar-refractivity contribution < 1.29 is 19.1 Å². The molecule has 0 bridgehead atoms. The van der Waals surface area contributed by atoms with Gasteiger partial charge in [-0.2, -0.15) is 0 Å². The molecule has 5 nitrogen and oxygen atoms in total. The fourth-order valence-electron chi connectivity index (χ4n) is 0.485. The molecule has 1 atom stereocenters. The van der Waals surface area contributed by atoms with E-state index >= 15 is 0 Å². The van der Waals surface area contributed by atoms with Gasteiger partial charge in [0, 0.05) is 19.5 Å². The second-order valence-electron chi connectivity index (χ2n) is 2.41. The third kappa shape index (κ3) is 4.84. The van der Waals surface area contributed by atoms with E-state index in [2.05, 4.69) is 21.4 Å². The standard InChI is InChI=1S/C8H13NO4/c1-5(2)7(10)12-6(3)13-8(11)9-4/h6H,1H2,2-4H3,(H,9,11). The van der Waals surface area contributed by atoms with Crippen LogP contribution >= 0.6 is 0 Å². The van der Waals surface area contributed by atoms with Gasteiger partial charge in [-0.25, -0.2) is 9.59 Å². The molecule has 0 aliphatic carbocycles. The van der Waals surface area contributed by atoms with Gasteiger partial charge in [-0.05, 0) is 6.92 Å². The highest BCUT2D eigenvalue weighted by Crippen LogP contribution is 1.99. The number of nitrogens with one attached hydrogen (secondary N) is 1. The average Bonchev–Trinajstić information content (AvgIpc) is 2.03. The quantitative estimate of drug-likeness (QED) is 0.403. The lowest BCUT2D eigenvalue weighted by molar-refractivity contribution is -0.159. The average molecular weight is 187 g/mol. The van der Waals surface area contributed by atoms with Crippen molar-refractivity contribution in [3.63, 3.8) is 0 Å². The second kappa shape index (κ2) is 5.18. The Morgan fingerprint density at radius 3 is 2.31 bits per heavy atom. The van der Waals surface area contributed by atoms with Crippen molar-refractivity contribution in [3.05, 3.63) is 12.2 Å². The molecule has 13 heavy (non-hydrogen) atoms. The molecule has 1 amide bonds. The number of hydrogen-bond donors (Lipinski definition) is 1. The maximum absolute atomic E-state index is 10.9. The molecule has 0 spiro atoms. The Hall–Kier alpha value is -1.52. The molecule has 0 aliphatic heterocycles. The molecular weight excluding hydrogens is 174 g/mol. The van der Waals surface area contributed by atoms with Crippen molar-refractivity contribution in [1.82, 2.24) is 5.32 Å². The Balaban J connectivity index is 3.87. The van der Waals surface area contributed by atoms with Gasteiger partial charge in [0.25, 0.3) is 0 Å². The second-order valence-corrected chi connectivity index (χ2v) is 2.41. The monoisotopic (exact) mass is 187 g/mol. The molecule has 0 aromatic heterocycles. The minimum absolute atomic E-state index is 0.257. The summed E-state index contributed by atoms with van der Waals surface area (Å²) in [5.41, 5.74) is 0.257. The molecule has 0 rings (SSSR count). The van der Waals surface area contributed by atoms with Gasteiger partial charge in [0.1, 0.15) is 0 Å². The van der Waals surface area contributed by atoms with Crippen LogP contribution in [0.2, 0.25) is 0 Å². The van der Waals surface area contributed by atoms with Crippen molar-refractivity contribution in [1.29, 1.82) is 0 Å². The van der Waals surface area contributed by atoms with E-state index in [0.29, 0.717) is 0 Å². The molecule has 0 saturated heterocycles. The Bertz CT molecular complexity index is 224. The summed E-state index contributed by atoms with van der Waals surface area (Å²) < 4.78 is 9.25. The molecule has 0 radical (unpaired) electrons. The van der Waals surface area contributed by atoms with Gasteiger partial charge in [0.15, 0.2) is 0 Å². The van der Waals surface area contributed by atoms with Crippen LogP contribution in [-0.4, -0.2) is 25.4 Å². The summed E-state index contributed by atoms with van der Waals surface area (Å²) in [5, 5.41) is 2.22. The van der Waals surface area contributed by atoms with Crippen molar-refractivity contribution in [3.8, 4) is 0 Å². The zero-order valence-electron chi connectivity index (χ0n) is 7.92. The lowest BCUT2D eigenvalue weighted by Gasteiger charge is -2.13. The number of ether oxygens (including phenoxy) is 2. The van der Waals surface area contributed by atoms with Gasteiger partial charge in [-0.1, -0.05) is 6.58 Å². The van der Waals surface area contributed by atoms with E-state index in [9.17, 15) is 9.59 Å². The largest absolute Gasteiger partial charge is 0.422 e. The van der Waals surface area contributed by atoms with Crippen LogP contribution in [0.25, 0.3) is 0 Å². The first-order valence-electron chi connectivity index (χ1n) is 3.72. The number of rotatable bonds is 3. The van der Waals surface area contributed by atoms with E-state index in [1.807, 2.05) is 0 Å². The Morgan fingerprint density at radius 1 is 1.38 bits per heavy atom. The van der Waals surface area contributed by atoms with Gasteiger partial charge in [-0.15, -0.1) is 0 Å². The topological polar surface area (TPSA) is 64.6 Å². The zero-order valence-corrected chi connectivity index (χ0v) is 7.92. The fraction of sp³-hybridized carbons (Fsp3) is 0.500. The molecule has 0 heterocycles. The van der Waals surface area contributed by atoms with Crippen molar-refractivity contribution >= 4 is 12.1 Å². The number of alkyl carbamates (subject to hydrolysis) is 1. The first-order valence-corrected chi connectivity index (χ1v) is 3.72. The number of esters is 1. The minimum atomic E-state index is -0.913. The number of hydrogen-bond acceptors (Lipinski definition) is 4. The van der Waals surface area contributed by atoms with E-state index in [1.54, 1.807) is 0 Å². The molecular formula is C8H13NO4. The molecule has 0 aromatic rings. The molecule has 0 fully saturated rings. The zero-order chi connectivity index (χ0) is 10.4. The van der Waals surface area contributed by atoms with Gasteiger partial charge < -0.3 is 14.8 Å². The normalized spacial score (nSPS) is 11.3. The maximum Gasteiger partial charge on any atom is 0.409 e. The summed E-state index contributed by atoms with van der Waals surface area (Å²) >= 11 is 0. The van der Waals surface area contributed by atoms with Crippen LogP contribution in [0.5, 0.6) is 0 Å². The molecule has 0 saturated carbocycles. The predicted octanol–water partition coefficient (Wildman–Crippen LogP) is 0.808. The Morgan fingerprint density at radius 2 is 1.92 bits per heavy atom. The van der Waals surface area contributed by atoms with E-state index in [4.69, 9.17) is 0 Å². The SMILES string of the molecule is C=C(C)C(=O)OC(C)OC(=O)NC. The molecule has 0 aliphatic rings. The number of carbonyl (C=O) groups is 2. The highest BCUT2D eigenvalue weighted by molar-refractivity contribution is 5.87. The summed E-state index contributed by atoms with van der Waals surface area (Å²) in [7, 11) is 1.41. The van der Waals surface area contributed by atoms with E-state index in [-0.39, 0.29) is 5.57 Å². The van der Waals surface area contributed by atoms with Crippen molar-refractivity contribution in [2.45, 2.75) is 20.1 Å².